The molecular weight excluding hydrogens is 374 g/mol. The Morgan fingerprint density at radius 3 is 2.64 bits per heavy atom. The molecule has 1 heterocycles. The summed E-state index contributed by atoms with van der Waals surface area (Å²) in [6.45, 7) is 0. The van der Waals surface area contributed by atoms with Gasteiger partial charge in [0, 0.05) is 23.2 Å². The highest BCUT2D eigenvalue weighted by Gasteiger charge is 2.27. The molecule has 1 saturated carbocycles. The van der Waals surface area contributed by atoms with E-state index >= 15 is 0 Å². The summed E-state index contributed by atoms with van der Waals surface area (Å²) >= 11 is 1.08. The van der Waals surface area contributed by atoms with Crippen molar-refractivity contribution < 1.29 is 14.0 Å². The Kier molecular flexibility index (Phi) is 5.44. The molecule has 0 amide bonds. The first-order valence-electron chi connectivity index (χ1n) is 9.12. The number of hydrogen-bond acceptors (Lipinski definition) is 6. The second-order valence-electron chi connectivity index (χ2n) is 6.71. The summed E-state index contributed by atoms with van der Waals surface area (Å²) in [5, 5.41) is 10.9. The van der Waals surface area contributed by atoms with Crippen LogP contribution < -0.4 is 10.5 Å². The number of fused-ring (bicyclic) bond motifs is 1. The van der Waals surface area contributed by atoms with Gasteiger partial charge in [0.1, 0.15) is 11.8 Å². The van der Waals surface area contributed by atoms with Gasteiger partial charge in [-0.25, -0.2) is 4.89 Å². The molecule has 2 aromatic carbocycles. The summed E-state index contributed by atoms with van der Waals surface area (Å²) in [7, 11) is 1.45. The molecule has 2 N–H and O–H groups in total. The van der Waals surface area contributed by atoms with E-state index in [0.717, 1.165) is 52.8 Å². The lowest BCUT2D eigenvalue weighted by atomic mass is 9.92. The number of hydrogen-bond donors (Lipinski definition) is 1. The predicted molar refractivity (Wildman–Crippen MR) is 111 cm³/mol. The van der Waals surface area contributed by atoms with Gasteiger partial charge in [-0.2, -0.15) is 9.60 Å². The number of nitrogens with two attached hydrogens (primary N) is 1. The maximum atomic E-state index is 9.93. The normalized spacial score (nSPS) is 14.0. The number of rotatable bonds is 7. The summed E-state index contributed by atoms with van der Waals surface area (Å²) in [4.78, 5) is 4.55. The van der Waals surface area contributed by atoms with Crippen LogP contribution >= 0.6 is 12.0 Å². The smallest absolute Gasteiger partial charge is 0.162 e. The largest absolute Gasteiger partial charge is 0.480 e. The van der Waals surface area contributed by atoms with Crippen LogP contribution in [0.4, 0.5) is 5.69 Å². The molecule has 144 valence electrons. The minimum Gasteiger partial charge on any atom is -0.480 e. The molecule has 6 nitrogen and oxygen atoms in total. The molecule has 4 rings (SSSR count). The molecule has 0 atom stereocenters. The molecule has 0 radical (unpaired) electrons. The van der Waals surface area contributed by atoms with E-state index in [-0.39, 0.29) is 0 Å². The zero-order chi connectivity index (χ0) is 19.5. The van der Waals surface area contributed by atoms with Crippen molar-refractivity contribution in [3.63, 3.8) is 0 Å². The van der Waals surface area contributed by atoms with Gasteiger partial charge in [-0.1, -0.05) is 12.1 Å². The molecule has 1 aromatic heterocycles. The maximum Gasteiger partial charge on any atom is 0.162 e. The predicted octanol–water partition coefficient (Wildman–Crippen LogP) is 5.05. The van der Waals surface area contributed by atoms with Crippen LogP contribution in [0.15, 0.2) is 42.5 Å². The number of ether oxygens (including phenoxy) is 1. The van der Waals surface area contributed by atoms with E-state index in [9.17, 15) is 5.26 Å². The SMILES string of the molecule is COOSCOc1ccc2c(C#N)c(-c3ccc(N)cc3)n(C3CCC3)c2c1. The van der Waals surface area contributed by atoms with E-state index in [4.69, 9.17) is 14.8 Å². The van der Waals surface area contributed by atoms with Crippen LogP contribution in [0.25, 0.3) is 22.2 Å². The van der Waals surface area contributed by atoms with Crippen LogP contribution in [0.3, 0.4) is 0 Å². The Bertz CT molecular complexity index is 1020. The van der Waals surface area contributed by atoms with Crippen LogP contribution in [-0.4, -0.2) is 17.6 Å². The van der Waals surface area contributed by atoms with E-state index < -0.39 is 0 Å². The second-order valence-corrected chi connectivity index (χ2v) is 7.31. The lowest BCUT2D eigenvalue weighted by Crippen LogP contribution is -2.17. The van der Waals surface area contributed by atoms with Gasteiger partial charge in [-0.15, -0.1) is 0 Å². The summed E-state index contributed by atoms with van der Waals surface area (Å²) in [6, 6.07) is 16.4. The van der Waals surface area contributed by atoms with Crippen molar-refractivity contribution in [2.24, 2.45) is 0 Å². The standard InChI is InChI=1S/C21H21N3O3S/c1-25-27-28-13-26-17-9-10-18-19(12-22)21(14-5-7-15(23)8-6-14)24(20(18)11-17)16-3-2-4-16/h5-11,16H,2-4,13,23H2,1H3. The van der Waals surface area contributed by atoms with Crippen LogP contribution in [0, 0.1) is 11.3 Å². The number of nitrogens with zero attached hydrogens (tertiary/aromatic N) is 2. The molecule has 0 saturated heterocycles. The van der Waals surface area contributed by atoms with Crippen molar-refractivity contribution in [2.75, 3.05) is 18.8 Å². The van der Waals surface area contributed by atoms with Gasteiger partial charge in [0.25, 0.3) is 0 Å². The van der Waals surface area contributed by atoms with E-state index in [1.165, 1.54) is 13.5 Å². The molecular formula is C21H21N3O3S. The molecule has 0 aliphatic heterocycles. The Labute approximate surface area is 167 Å². The van der Waals surface area contributed by atoms with Crippen LogP contribution in [0.1, 0.15) is 30.9 Å². The van der Waals surface area contributed by atoms with Gasteiger partial charge in [0.2, 0.25) is 0 Å². The molecule has 28 heavy (non-hydrogen) atoms. The fourth-order valence-corrected chi connectivity index (χ4v) is 3.92. The topological polar surface area (TPSA) is 82.4 Å². The van der Waals surface area contributed by atoms with Gasteiger partial charge in [0.15, 0.2) is 5.94 Å². The molecule has 7 heteroatoms. The molecule has 0 unspecified atom stereocenters. The monoisotopic (exact) mass is 395 g/mol. The van der Waals surface area contributed by atoms with Gasteiger partial charge < -0.3 is 15.0 Å². The lowest BCUT2D eigenvalue weighted by Gasteiger charge is -2.30. The first-order valence-corrected chi connectivity index (χ1v) is 10.0. The summed E-state index contributed by atoms with van der Waals surface area (Å²) in [5.74, 6) is 1.03. The highest BCUT2D eigenvalue weighted by molar-refractivity contribution is 7.94. The molecule has 1 aliphatic rings. The molecule has 1 aliphatic carbocycles. The van der Waals surface area contributed by atoms with Crippen molar-refractivity contribution in [1.82, 2.24) is 4.57 Å². The van der Waals surface area contributed by atoms with E-state index in [2.05, 4.69) is 15.5 Å². The first kappa shape index (κ1) is 18.7. The summed E-state index contributed by atoms with van der Waals surface area (Å²) in [5.41, 5.74) is 10.2. The fourth-order valence-electron chi connectivity index (χ4n) is 3.60. The van der Waals surface area contributed by atoms with Gasteiger partial charge in [-0.05, 0) is 49.1 Å². The average Bonchev–Trinajstić information content (AvgIpc) is 2.98. The summed E-state index contributed by atoms with van der Waals surface area (Å²) < 4.78 is 12.8. The Morgan fingerprint density at radius 2 is 2.00 bits per heavy atom. The molecule has 1 fully saturated rings. The number of benzene rings is 2. The third kappa shape index (κ3) is 3.42. The third-order valence-electron chi connectivity index (χ3n) is 5.10. The highest BCUT2D eigenvalue weighted by Crippen LogP contribution is 2.43. The van der Waals surface area contributed by atoms with E-state index in [1.54, 1.807) is 0 Å². The highest BCUT2D eigenvalue weighted by atomic mass is 32.2. The summed E-state index contributed by atoms with van der Waals surface area (Å²) in [6.07, 6.45) is 3.42. The minimum atomic E-state index is 0.305. The van der Waals surface area contributed by atoms with E-state index in [0.29, 0.717) is 23.2 Å². The number of anilines is 1. The second kappa shape index (κ2) is 8.15. The average molecular weight is 395 g/mol. The fraction of sp³-hybridized carbons (Fsp3) is 0.286. The minimum absolute atomic E-state index is 0.305. The molecule has 0 spiro atoms. The van der Waals surface area contributed by atoms with Gasteiger partial charge in [-0.3, -0.25) is 0 Å². The molecule has 0 bridgehead atoms. The van der Waals surface area contributed by atoms with Crippen LogP contribution in [0.2, 0.25) is 0 Å². The van der Waals surface area contributed by atoms with Crippen molar-refractivity contribution in [1.29, 1.82) is 5.26 Å². The quantitative estimate of drug-likeness (QED) is 0.151. The van der Waals surface area contributed by atoms with E-state index in [1.807, 2.05) is 42.5 Å². The third-order valence-corrected chi connectivity index (χ3v) is 5.55. The molecule has 3 aromatic rings. The zero-order valence-corrected chi connectivity index (χ0v) is 16.4. The Morgan fingerprint density at radius 1 is 1.21 bits per heavy atom. The van der Waals surface area contributed by atoms with Crippen molar-refractivity contribution in [2.45, 2.75) is 25.3 Å². The van der Waals surface area contributed by atoms with Gasteiger partial charge >= 0.3 is 0 Å². The Balaban J connectivity index is 1.82. The zero-order valence-electron chi connectivity index (χ0n) is 15.6. The Hall–Kier alpha value is -2.66. The number of nitriles is 1. The number of aromatic nitrogens is 1. The number of nitrogen functional groups attached to an aromatic ring is 1. The van der Waals surface area contributed by atoms with Crippen molar-refractivity contribution in [3.05, 3.63) is 48.0 Å². The van der Waals surface area contributed by atoms with Crippen molar-refractivity contribution >= 4 is 28.6 Å². The first-order chi connectivity index (χ1) is 13.7. The van der Waals surface area contributed by atoms with Crippen LogP contribution in [0.5, 0.6) is 5.75 Å². The van der Waals surface area contributed by atoms with Crippen molar-refractivity contribution in [3.8, 4) is 23.1 Å². The van der Waals surface area contributed by atoms with Gasteiger partial charge in [0.05, 0.1) is 35.9 Å². The lowest BCUT2D eigenvalue weighted by molar-refractivity contribution is -0.160. The van der Waals surface area contributed by atoms with Crippen LogP contribution in [-0.2, 0) is 9.22 Å². The maximum absolute atomic E-state index is 9.93.